The van der Waals surface area contributed by atoms with Gasteiger partial charge in [-0.15, -0.1) is 0 Å². The van der Waals surface area contributed by atoms with Crippen LogP contribution in [0.4, 0.5) is 0 Å². The Morgan fingerprint density at radius 3 is 2.06 bits per heavy atom. The quantitative estimate of drug-likeness (QED) is 0.522. The van der Waals surface area contributed by atoms with Crippen LogP contribution in [0.1, 0.15) is 44.9 Å². The number of alkyl halides is 1. The lowest BCUT2D eigenvalue weighted by molar-refractivity contribution is 0.171. The van der Waals surface area contributed by atoms with Crippen molar-refractivity contribution in [2.75, 3.05) is 46.1 Å². The lowest BCUT2D eigenvalue weighted by Gasteiger charge is -2.35. The maximum absolute atomic E-state index is 3.79. The summed E-state index contributed by atoms with van der Waals surface area (Å²) >= 11 is 3.79. The zero-order chi connectivity index (χ0) is 13.4. The van der Waals surface area contributed by atoms with Gasteiger partial charge in [0.1, 0.15) is 0 Å². The summed E-state index contributed by atoms with van der Waals surface area (Å²) in [7, 11) is 6.61. The molecule has 0 radical (unpaired) electrons. The van der Waals surface area contributed by atoms with Crippen LogP contribution in [0.5, 0.6) is 0 Å². The summed E-state index contributed by atoms with van der Waals surface area (Å²) < 4.78 is 0. The predicted molar refractivity (Wildman–Crippen MR) is 84.6 cm³/mol. The van der Waals surface area contributed by atoms with Crippen LogP contribution in [0.15, 0.2) is 0 Å². The Kier molecular flexibility index (Phi) is 7.81. The van der Waals surface area contributed by atoms with Gasteiger partial charge in [-0.05, 0) is 58.9 Å². The first-order valence-corrected chi connectivity index (χ1v) is 8.59. The summed E-state index contributed by atoms with van der Waals surface area (Å²) in [5.74, 6) is 0. The molecule has 1 fully saturated rings. The molecular formula is C15H31BrN2. The van der Waals surface area contributed by atoms with Crippen molar-refractivity contribution in [3.05, 3.63) is 0 Å². The van der Waals surface area contributed by atoms with Crippen molar-refractivity contribution in [1.29, 1.82) is 0 Å². The largest absolute Gasteiger partial charge is 0.309 e. The molecule has 1 rings (SSSR count). The second-order valence-corrected chi connectivity index (χ2v) is 7.00. The molecule has 0 atom stereocenters. The van der Waals surface area contributed by atoms with Crippen LogP contribution in [0.2, 0.25) is 0 Å². The van der Waals surface area contributed by atoms with E-state index in [0.717, 1.165) is 0 Å². The second-order valence-electron chi connectivity index (χ2n) is 6.44. The molecule has 0 unspecified atom stereocenters. The molecule has 1 saturated carbocycles. The Morgan fingerprint density at radius 2 is 1.56 bits per heavy atom. The Bertz CT molecular complexity index is 211. The fourth-order valence-corrected chi connectivity index (χ4v) is 3.86. The zero-order valence-electron chi connectivity index (χ0n) is 12.6. The van der Waals surface area contributed by atoms with Crippen molar-refractivity contribution in [3.8, 4) is 0 Å². The molecule has 0 N–H and O–H groups in total. The van der Waals surface area contributed by atoms with E-state index >= 15 is 0 Å². The highest BCUT2D eigenvalue weighted by atomic mass is 79.9. The number of nitrogens with zero attached hydrogens (tertiary/aromatic N) is 2. The zero-order valence-corrected chi connectivity index (χ0v) is 14.1. The van der Waals surface area contributed by atoms with Crippen LogP contribution in [-0.2, 0) is 0 Å². The van der Waals surface area contributed by atoms with E-state index in [-0.39, 0.29) is 0 Å². The Labute approximate surface area is 122 Å². The minimum Gasteiger partial charge on any atom is -0.309 e. The van der Waals surface area contributed by atoms with Gasteiger partial charge in [-0.1, -0.05) is 41.6 Å². The summed E-state index contributed by atoms with van der Waals surface area (Å²) in [6, 6.07) is 0. The molecule has 0 bridgehead atoms. The molecule has 18 heavy (non-hydrogen) atoms. The summed E-state index contributed by atoms with van der Waals surface area (Å²) in [4.78, 5) is 4.83. The van der Waals surface area contributed by atoms with Gasteiger partial charge in [0.15, 0.2) is 0 Å². The lowest BCUT2D eigenvalue weighted by Crippen LogP contribution is -2.37. The van der Waals surface area contributed by atoms with E-state index in [1.807, 2.05) is 0 Å². The SMILES string of the molecule is CN(C)CCCN(C)CC1(CBr)CCCCCC1. The van der Waals surface area contributed by atoms with Crippen molar-refractivity contribution < 1.29 is 0 Å². The van der Waals surface area contributed by atoms with Crippen LogP contribution in [0.25, 0.3) is 0 Å². The maximum Gasteiger partial charge on any atom is 0.0100 e. The molecule has 0 aromatic rings. The van der Waals surface area contributed by atoms with Crippen molar-refractivity contribution in [1.82, 2.24) is 9.80 Å². The molecule has 0 spiro atoms. The van der Waals surface area contributed by atoms with Crippen molar-refractivity contribution in [3.63, 3.8) is 0 Å². The Morgan fingerprint density at radius 1 is 0.944 bits per heavy atom. The first-order valence-electron chi connectivity index (χ1n) is 7.47. The van der Waals surface area contributed by atoms with E-state index in [4.69, 9.17) is 0 Å². The molecule has 0 amide bonds. The first kappa shape index (κ1) is 16.5. The predicted octanol–water partition coefficient (Wildman–Crippen LogP) is 3.61. The molecule has 0 aromatic heterocycles. The molecular weight excluding hydrogens is 288 g/mol. The minimum atomic E-state index is 0.545. The van der Waals surface area contributed by atoms with Crippen molar-refractivity contribution in [2.24, 2.45) is 5.41 Å². The molecule has 1 aliphatic rings. The Balaban J connectivity index is 2.35. The molecule has 0 aromatic carbocycles. The van der Waals surface area contributed by atoms with Gasteiger partial charge in [-0.3, -0.25) is 0 Å². The number of halogens is 1. The second kappa shape index (κ2) is 8.55. The van der Waals surface area contributed by atoms with Gasteiger partial charge in [0.25, 0.3) is 0 Å². The van der Waals surface area contributed by atoms with Crippen LogP contribution in [0, 0.1) is 5.41 Å². The average Bonchev–Trinajstić information content (AvgIpc) is 2.55. The smallest absolute Gasteiger partial charge is 0.0100 e. The standard InChI is InChI=1S/C15H31BrN2/c1-17(2)11-8-12-18(3)14-15(13-16)9-6-4-5-7-10-15/h4-14H2,1-3H3. The molecule has 1 aliphatic carbocycles. The number of hydrogen-bond donors (Lipinski definition) is 0. The van der Waals surface area contributed by atoms with Crippen LogP contribution >= 0.6 is 15.9 Å². The maximum atomic E-state index is 3.79. The number of rotatable bonds is 7. The van der Waals surface area contributed by atoms with Crippen LogP contribution in [-0.4, -0.2) is 55.9 Å². The van der Waals surface area contributed by atoms with Gasteiger partial charge < -0.3 is 9.80 Å². The highest BCUT2D eigenvalue weighted by Crippen LogP contribution is 2.37. The molecule has 0 saturated heterocycles. The number of hydrogen-bond acceptors (Lipinski definition) is 2. The average molecular weight is 319 g/mol. The fraction of sp³-hybridized carbons (Fsp3) is 1.00. The van der Waals surface area contributed by atoms with Gasteiger partial charge in [0, 0.05) is 11.9 Å². The highest BCUT2D eigenvalue weighted by Gasteiger charge is 2.30. The third kappa shape index (κ3) is 6.03. The fourth-order valence-electron chi connectivity index (χ4n) is 3.12. The van der Waals surface area contributed by atoms with E-state index in [1.165, 1.54) is 69.9 Å². The summed E-state index contributed by atoms with van der Waals surface area (Å²) in [5, 5.41) is 1.18. The van der Waals surface area contributed by atoms with E-state index in [2.05, 4.69) is 46.9 Å². The normalized spacial score (nSPS) is 20.3. The van der Waals surface area contributed by atoms with E-state index in [9.17, 15) is 0 Å². The molecule has 0 heterocycles. The van der Waals surface area contributed by atoms with Crippen molar-refractivity contribution >= 4 is 15.9 Å². The molecule has 2 nitrogen and oxygen atoms in total. The first-order chi connectivity index (χ1) is 8.58. The molecule has 0 aliphatic heterocycles. The Hall–Kier alpha value is 0.400. The van der Waals surface area contributed by atoms with Gasteiger partial charge in [0.05, 0.1) is 0 Å². The summed E-state index contributed by atoms with van der Waals surface area (Å²) in [6.45, 7) is 3.70. The van der Waals surface area contributed by atoms with Crippen LogP contribution in [0.3, 0.4) is 0 Å². The van der Waals surface area contributed by atoms with E-state index in [1.54, 1.807) is 0 Å². The topological polar surface area (TPSA) is 6.48 Å². The van der Waals surface area contributed by atoms with Crippen LogP contribution < -0.4 is 0 Å². The summed E-state index contributed by atoms with van der Waals surface area (Å²) in [5.41, 5.74) is 0.545. The monoisotopic (exact) mass is 318 g/mol. The van der Waals surface area contributed by atoms with Gasteiger partial charge in [-0.25, -0.2) is 0 Å². The third-order valence-electron chi connectivity index (χ3n) is 4.20. The van der Waals surface area contributed by atoms with Gasteiger partial charge in [0.2, 0.25) is 0 Å². The summed E-state index contributed by atoms with van der Waals surface area (Å²) in [6.07, 6.45) is 9.85. The van der Waals surface area contributed by atoms with E-state index in [0.29, 0.717) is 5.41 Å². The van der Waals surface area contributed by atoms with Gasteiger partial charge in [-0.2, -0.15) is 0 Å². The molecule has 108 valence electrons. The molecule has 3 heteroatoms. The highest BCUT2D eigenvalue weighted by molar-refractivity contribution is 9.09. The third-order valence-corrected chi connectivity index (χ3v) is 5.39. The lowest BCUT2D eigenvalue weighted by atomic mass is 9.82. The minimum absolute atomic E-state index is 0.545. The van der Waals surface area contributed by atoms with E-state index < -0.39 is 0 Å². The van der Waals surface area contributed by atoms with Gasteiger partial charge >= 0.3 is 0 Å². The van der Waals surface area contributed by atoms with Crippen molar-refractivity contribution in [2.45, 2.75) is 44.9 Å².